The van der Waals surface area contributed by atoms with E-state index in [2.05, 4.69) is 17.7 Å². The Hall–Kier alpha value is -0.740. The zero-order chi connectivity index (χ0) is 19.8. The molecule has 0 aliphatic carbocycles. The molecule has 1 aromatic rings. The summed E-state index contributed by atoms with van der Waals surface area (Å²) < 4.78 is 26.7. The number of unbranched alkanes of at least 4 members (excludes halogenated alkanes) is 13. The second kappa shape index (κ2) is 15.2. The molecule has 1 radical (unpaired) electrons. The highest BCUT2D eigenvalue weighted by atomic mass is 35.5. The molecule has 3 nitrogen and oxygen atoms in total. The predicted molar refractivity (Wildman–Crippen MR) is 118 cm³/mol. The summed E-state index contributed by atoms with van der Waals surface area (Å²) in [4.78, 5) is 0. The number of hydrogen-bond donors (Lipinski definition) is 1. The van der Waals surface area contributed by atoms with Crippen molar-refractivity contribution in [1.29, 1.82) is 0 Å². The summed E-state index contributed by atoms with van der Waals surface area (Å²) in [6.45, 7) is 2.26. The third-order valence-corrected chi connectivity index (χ3v) is 6.42. The highest BCUT2D eigenvalue weighted by molar-refractivity contribution is 7.92. The van der Waals surface area contributed by atoms with E-state index < -0.39 is 10.0 Å². The minimum atomic E-state index is -3.28. The van der Waals surface area contributed by atoms with Crippen molar-refractivity contribution in [2.75, 3.05) is 10.5 Å². The molecule has 0 atom stereocenters. The SMILES string of the molecule is CCCCCCCCCCCCCCCCS(=O)(=O)Nc1c[c]c(Cl)cc1. The summed E-state index contributed by atoms with van der Waals surface area (Å²) in [5.41, 5.74) is 0.518. The van der Waals surface area contributed by atoms with E-state index in [4.69, 9.17) is 11.6 Å². The molecular weight excluding hydrogens is 378 g/mol. The first-order valence-corrected chi connectivity index (χ1v) is 12.7. The molecule has 27 heavy (non-hydrogen) atoms. The van der Waals surface area contributed by atoms with Gasteiger partial charge in [0.15, 0.2) is 0 Å². The lowest BCUT2D eigenvalue weighted by atomic mass is 10.0. The molecule has 0 aliphatic rings. The van der Waals surface area contributed by atoms with Crippen molar-refractivity contribution >= 4 is 27.3 Å². The zero-order valence-electron chi connectivity index (χ0n) is 16.9. The van der Waals surface area contributed by atoms with Gasteiger partial charge in [-0.1, -0.05) is 102 Å². The molecule has 0 saturated heterocycles. The quantitative estimate of drug-likeness (QED) is 0.270. The van der Waals surface area contributed by atoms with Gasteiger partial charge < -0.3 is 0 Å². The van der Waals surface area contributed by atoms with Crippen molar-refractivity contribution in [2.45, 2.75) is 96.8 Å². The maximum atomic E-state index is 12.0. The lowest BCUT2D eigenvalue weighted by Crippen LogP contribution is -2.16. The summed E-state index contributed by atoms with van der Waals surface area (Å²) in [7, 11) is -3.28. The van der Waals surface area contributed by atoms with E-state index in [1.165, 1.54) is 70.6 Å². The minimum absolute atomic E-state index is 0.174. The van der Waals surface area contributed by atoms with E-state index >= 15 is 0 Å². The van der Waals surface area contributed by atoms with Crippen LogP contribution in [-0.4, -0.2) is 14.2 Å². The average Bonchev–Trinajstić information content (AvgIpc) is 2.63. The molecule has 0 bridgehead atoms. The molecule has 0 fully saturated rings. The zero-order valence-corrected chi connectivity index (χ0v) is 18.5. The van der Waals surface area contributed by atoms with E-state index in [1.807, 2.05) is 0 Å². The van der Waals surface area contributed by atoms with Gasteiger partial charge in [-0.2, -0.15) is 0 Å². The summed E-state index contributed by atoms with van der Waals surface area (Å²) in [5.74, 6) is 0.174. The van der Waals surface area contributed by atoms with Gasteiger partial charge in [-0.05, 0) is 24.6 Å². The first kappa shape index (κ1) is 24.3. The summed E-state index contributed by atoms with van der Waals surface area (Å²) in [6, 6.07) is 7.63. The van der Waals surface area contributed by atoms with Crippen LogP contribution in [0.3, 0.4) is 0 Å². The van der Waals surface area contributed by atoms with Gasteiger partial charge in [0, 0.05) is 16.8 Å². The molecule has 0 aliphatic heterocycles. The number of halogens is 1. The van der Waals surface area contributed by atoms with Crippen molar-refractivity contribution in [1.82, 2.24) is 0 Å². The van der Waals surface area contributed by atoms with Crippen molar-refractivity contribution in [2.24, 2.45) is 0 Å². The van der Waals surface area contributed by atoms with Gasteiger partial charge in [-0.3, -0.25) is 4.72 Å². The summed E-state index contributed by atoms with van der Waals surface area (Å²) in [5, 5.41) is 0.477. The minimum Gasteiger partial charge on any atom is -0.284 e. The van der Waals surface area contributed by atoms with E-state index in [9.17, 15) is 8.42 Å². The van der Waals surface area contributed by atoms with Crippen LogP contribution in [0.4, 0.5) is 5.69 Å². The molecule has 0 saturated carbocycles. The highest BCUT2D eigenvalue weighted by Gasteiger charge is 2.09. The Morgan fingerprint density at radius 1 is 0.815 bits per heavy atom. The molecule has 5 heteroatoms. The fourth-order valence-corrected chi connectivity index (χ4v) is 4.48. The molecule has 0 amide bonds. The standard InChI is InChI=1S/C22H37ClNO2S/c1-2-3-4-5-6-7-8-9-10-11-12-13-14-15-20-27(25,26)24-22-18-16-21(23)17-19-22/h16,18-19,24H,2-15,20H2,1H3. The Morgan fingerprint density at radius 3 is 1.74 bits per heavy atom. The normalized spacial score (nSPS) is 11.6. The van der Waals surface area contributed by atoms with Gasteiger partial charge in [-0.25, -0.2) is 8.42 Å². The van der Waals surface area contributed by atoms with Crippen molar-refractivity contribution < 1.29 is 8.42 Å². The second-order valence-electron chi connectivity index (χ2n) is 7.44. The van der Waals surface area contributed by atoms with Crippen LogP contribution in [-0.2, 0) is 10.0 Å². The van der Waals surface area contributed by atoms with Gasteiger partial charge in [0.1, 0.15) is 0 Å². The Bertz CT molecular complexity index is 572. The average molecular weight is 415 g/mol. The van der Waals surface area contributed by atoms with Crippen LogP contribution in [0.15, 0.2) is 18.2 Å². The van der Waals surface area contributed by atoms with Crippen molar-refractivity contribution in [3.05, 3.63) is 29.3 Å². The third kappa shape index (κ3) is 14.0. The van der Waals surface area contributed by atoms with E-state index in [1.54, 1.807) is 18.2 Å². The van der Waals surface area contributed by atoms with Crippen LogP contribution in [0.5, 0.6) is 0 Å². The van der Waals surface area contributed by atoms with Crippen LogP contribution in [0.25, 0.3) is 0 Å². The number of nitrogens with one attached hydrogen (secondary N) is 1. The predicted octanol–water partition coefficient (Wildman–Crippen LogP) is 7.36. The molecule has 0 aromatic heterocycles. The fourth-order valence-electron chi connectivity index (χ4n) is 3.19. The Balaban J connectivity index is 1.92. The Kier molecular flexibility index (Phi) is 13.7. The monoisotopic (exact) mass is 414 g/mol. The first-order valence-electron chi connectivity index (χ1n) is 10.7. The molecule has 1 rings (SSSR count). The molecular formula is C22H37ClNO2S. The molecule has 155 valence electrons. The van der Waals surface area contributed by atoms with Gasteiger partial charge in [0.25, 0.3) is 0 Å². The highest BCUT2D eigenvalue weighted by Crippen LogP contribution is 2.16. The molecule has 1 N–H and O–H groups in total. The van der Waals surface area contributed by atoms with Crippen molar-refractivity contribution in [3.8, 4) is 0 Å². The number of rotatable bonds is 17. The van der Waals surface area contributed by atoms with Crippen LogP contribution >= 0.6 is 11.6 Å². The van der Waals surface area contributed by atoms with E-state index in [0.717, 1.165) is 12.8 Å². The Labute approximate surface area is 172 Å². The molecule has 1 aromatic carbocycles. The largest absolute Gasteiger partial charge is 0.284 e. The summed E-state index contributed by atoms with van der Waals surface area (Å²) >= 11 is 5.75. The third-order valence-electron chi connectivity index (χ3n) is 4.81. The topological polar surface area (TPSA) is 46.2 Å². The lowest BCUT2D eigenvalue weighted by Gasteiger charge is -2.08. The van der Waals surface area contributed by atoms with Crippen LogP contribution in [0.2, 0.25) is 5.02 Å². The summed E-state index contributed by atoms with van der Waals surface area (Å²) in [6.07, 6.45) is 17.7. The number of benzene rings is 1. The number of sulfonamides is 1. The smallest absolute Gasteiger partial charge is 0.232 e. The lowest BCUT2D eigenvalue weighted by molar-refractivity contribution is 0.537. The fraction of sp³-hybridized carbons (Fsp3) is 0.727. The van der Waals surface area contributed by atoms with E-state index in [0.29, 0.717) is 17.1 Å². The maximum Gasteiger partial charge on any atom is 0.232 e. The van der Waals surface area contributed by atoms with Gasteiger partial charge >= 0.3 is 0 Å². The molecule has 0 spiro atoms. The second-order valence-corrected chi connectivity index (χ2v) is 9.69. The van der Waals surface area contributed by atoms with Gasteiger partial charge in [0.2, 0.25) is 10.0 Å². The van der Waals surface area contributed by atoms with Gasteiger partial charge in [0.05, 0.1) is 5.75 Å². The van der Waals surface area contributed by atoms with E-state index in [-0.39, 0.29) is 5.75 Å². The van der Waals surface area contributed by atoms with Crippen molar-refractivity contribution in [3.63, 3.8) is 0 Å². The maximum absolute atomic E-state index is 12.0. The first-order chi connectivity index (χ1) is 13.0. The van der Waals surface area contributed by atoms with Crippen LogP contribution < -0.4 is 4.72 Å². The number of hydrogen-bond acceptors (Lipinski definition) is 2. The van der Waals surface area contributed by atoms with Crippen LogP contribution in [0.1, 0.15) is 96.8 Å². The Morgan fingerprint density at radius 2 is 1.30 bits per heavy atom. The molecule has 0 unspecified atom stereocenters. The number of anilines is 1. The molecule has 0 heterocycles. The van der Waals surface area contributed by atoms with Gasteiger partial charge in [-0.15, -0.1) is 0 Å². The van der Waals surface area contributed by atoms with Crippen LogP contribution in [0, 0.1) is 6.07 Å².